The van der Waals surface area contributed by atoms with Crippen molar-refractivity contribution in [2.75, 3.05) is 0 Å². The summed E-state index contributed by atoms with van der Waals surface area (Å²) in [4.78, 5) is 9.04. The molecule has 2 heterocycles. The van der Waals surface area contributed by atoms with Gasteiger partial charge in [0, 0.05) is 40.8 Å². The van der Waals surface area contributed by atoms with Gasteiger partial charge in [-0.25, -0.2) is 9.97 Å². The van der Waals surface area contributed by atoms with Gasteiger partial charge in [0.05, 0.1) is 28.7 Å². The number of nitrogens with zero attached hydrogens (tertiary/aromatic N) is 4. The Bertz CT molecular complexity index is 1110. The first kappa shape index (κ1) is 20.1. The maximum Gasteiger partial charge on any atom is 0.0992 e. The first-order valence-corrected chi connectivity index (χ1v) is 9.65. The summed E-state index contributed by atoms with van der Waals surface area (Å²) in [5.74, 6) is 0. The number of benzene rings is 2. The van der Waals surface area contributed by atoms with Crippen LogP contribution in [0.1, 0.15) is 21.8 Å². The second-order valence-electron chi connectivity index (χ2n) is 6.14. The van der Waals surface area contributed by atoms with Crippen molar-refractivity contribution in [3.8, 4) is 17.3 Å². The second kappa shape index (κ2) is 9.03. The molecule has 28 heavy (non-hydrogen) atoms. The van der Waals surface area contributed by atoms with E-state index in [0.717, 1.165) is 33.9 Å². The van der Waals surface area contributed by atoms with Crippen molar-refractivity contribution in [2.45, 2.75) is 13.0 Å². The van der Waals surface area contributed by atoms with Gasteiger partial charge in [0.15, 0.2) is 0 Å². The molecule has 0 bridgehead atoms. The summed E-state index contributed by atoms with van der Waals surface area (Å²) in [6.07, 6.45) is 4.44. The minimum absolute atomic E-state index is 0. The summed E-state index contributed by atoms with van der Waals surface area (Å²) in [5.41, 5.74) is 4.87. The number of hydrogen-bond acceptors (Lipinski definition) is 4. The highest BCUT2D eigenvalue weighted by Gasteiger charge is 2.09. The number of hydrogen-bond donors (Lipinski definition) is 0. The zero-order chi connectivity index (χ0) is 18.6. The predicted octanol–water partition coefficient (Wildman–Crippen LogP) is 5.59. The van der Waals surface area contributed by atoms with Crippen LogP contribution < -0.4 is 0 Å². The molecule has 0 unspecified atom stereocenters. The molecular weight excluding hydrogens is 411 g/mol. The largest absolute Gasteiger partial charge is 0.330 e. The van der Waals surface area contributed by atoms with Crippen LogP contribution in [0.3, 0.4) is 0 Å². The van der Waals surface area contributed by atoms with Crippen LogP contribution in [0.15, 0.2) is 66.4 Å². The average molecular weight is 427 g/mol. The van der Waals surface area contributed by atoms with E-state index in [1.165, 1.54) is 0 Å². The minimum Gasteiger partial charge on any atom is -0.330 e. The zero-order valence-electron chi connectivity index (χ0n) is 14.7. The van der Waals surface area contributed by atoms with Crippen LogP contribution in [0.25, 0.3) is 11.3 Å². The van der Waals surface area contributed by atoms with Gasteiger partial charge in [-0.05, 0) is 29.8 Å². The van der Waals surface area contributed by atoms with Crippen molar-refractivity contribution in [3.05, 3.63) is 93.3 Å². The Morgan fingerprint density at radius 3 is 2.71 bits per heavy atom. The molecule has 0 N–H and O–H groups in total. The molecule has 0 aliphatic rings. The molecule has 0 saturated carbocycles. The van der Waals surface area contributed by atoms with Crippen LogP contribution in [0, 0.1) is 11.3 Å². The van der Waals surface area contributed by atoms with Gasteiger partial charge >= 0.3 is 0 Å². The quantitative estimate of drug-likeness (QED) is 0.417. The number of aromatic nitrogens is 3. The van der Waals surface area contributed by atoms with E-state index in [1.807, 2.05) is 61.1 Å². The zero-order valence-corrected chi connectivity index (χ0v) is 17.1. The Kier molecular flexibility index (Phi) is 6.48. The van der Waals surface area contributed by atoms with Crippen molar-refractivity contribution in [2.24, 2.45) is 0 Å². The maximum atomic E-state index is 8.91. The van der Waals surface area contributed by atoms with E-state index in [2.05, 4.69) is 21.0 Å². The van der Waals surface area contributed by atoms with E-state index in [9.17, 15) is 0 Å². The summed E-state index contributed by atoms with van der Waals surface area (Å²) in [7, 11) is 0. The first-order chi connectivity index (χ1) is 13.2. The summed E-state index contributed by atoms with van der Waals surface area (Å²) in [5, 5.41) is 12.7. The fourth-order valence-corrected chi connectivity index (χ4v) is 3.86. The minimum atomic E-state index is 0. The lowest BCUT2D eigenvalue weighted by molar-refractivity contribution is 0.752. The van der Waals surface area contributed by atoms with Crippen molar-refractivity contribution in [1.82, 2.24) is 14.5 Å². The summed E-state index contributed by atoms with van der Waals surface area (Å²) < 4.78 is 2.11. The number of rotatable bonds is 5. The van der Waals surface area contributed by atoms with E-state index in [4.69, 9.17) is 21.8 Å². The topological polar surface area (TPSA) is 54.5 Å². The summed E-state index contributed by atoms with van der Waals surface area (Å²) in [6, 6.07) is 17.5. The van der Waals surface area contributed by atoms with Gasteiger partial charge < -0.3 is 4.57 Å². The Morgan fingerprint density at radius 2 is 1.96 bits per heavy atom. The number of thiazole rings is 1. The third kappa shape index (κ3) is 4.60. The molecular formula is C21H16Cl2N4S. The van der Waals surface area contributed by atoms with Gasteiger partial charge in [-0.1, -0.05) is 35.9 Å². The smallest absolute Gasteiger partial charge is 0.0992 e. The second-order valence-corrected chi connectivity index (χ2v) is 7.51. The molecule has 0 aliphatic heterocycles. The molecule has 7 heteroatoms. The summed E-state index contributed by atoms with van der Waals surface area (Å²) in [6.45, 7) is 0.716. The number of nitriles is 1. The molecule has 4 rings (SSSR count). The summed E-state index contributed by atoms with van der Waals surface area (Å²) >= 11 is 7.72. The van der Waals surface area contributed by atoms with Crippen molar-refractivity contribution in [3.63, 3.8) is 0 Å². The SMILES string of the molecule is Cl.N#Cc1ccc(Cn2cncc2Cc2nc(-c3cccc(Cl)c3)cs2)cc1. The first-order valence-electron chi connectivity index (χ1n) is 8.39. The van der Waals surface area contributed by atoms with Crippen LogP contribution in [-0.4, -0.2) is 14.5 Å². The molecule has 0 saturated heterocycles. The van der Waals surface area contributed by atoms with Crippen molar-refractivity contribution >= 4 is 35.3 Å². The molecule has 4 aromatic rings. The van der Waals surface area contributed by atoms with Gasteiger partial charge in [0.2, 0.25) is 0 Å². The monoisotopic (exact) mass is 426 g/mol. The highest BCUT2D eigenvalue weighted by molar-refractivity contribution is 7.10. The van der Waals surface area contributed by atoms with E-state index in [0.29, 0.717) is 17.1 Å². The Morgan fingerprint density at radius 1 is 1.14 bits per heavy atom. The van der Waals surface area contributed by atoms with Gasteiger partial charge in [-0.3, -0.25) is 0 Å². The van der Waals surface area contributed by atoms with Crippen LogP contribution in [0.4, 0.5) is 0 Å². The van der Waals surface area contributed by atoms with E-state index < -0.39 is 0 Å². The molecule has 0 radical (unpaired) electrons. The normalized spacial score (nSPS) is 10.3. The van der Waals surface area contributed by atoms with Crippen molar-refractivity contribution in [1.29, 1.82) is 5.26 Å². The van der Waals surface area contributed by atoms with Crippen molar-refractivity contribution < 1.29 is 0 Å². The van der Waals surface area contributed by atoms with Gasteiger partial charge in [0.25, 0.3) is 0 Å². The predicted molar refractivity (Wildman–Crippen MR) is 115 cm³/mol. The molecule has 140 valence electrons. The van der Waals surface area contributed by atoms with Gasteiger partial charge in [-0.2, -0.15) is 5.26 Å². The number of imidazole rings is 1. The highest BCUT2D eigenvalue weighted by Crippen LogP contribution is 2.25. The molecule has 0 spiro atoms. The molecule has 2 aromatic carbocycles. The standard InChI is InChI=1S/C21H15ClN4S.ClH/c22-18-3-1-2-17(8-18)20-13-27-21(25-20)9-19-11-24-14-26(19)12-16-6-4-15(10-23)5-7-16;/h1-8,11,13-14H,9,12H2;1H. The fraction of sp³-hybridized carbons (Fsp3) is 0.0952. The Balaban J connectivity index is 0.00000225. The van der Waals surface area contributed by atoms with Crippen LogP contribution in [0.5, 0.6) is 0 Å². The Labute approximate surface area is 178 Å². The molecule has 0 aliphatic carbocycles. The maximum absolute atomic E-state index is 8.91. The van der Waals surface area contributed by atoms with E-state index in [-0.39, 0.29) is 12.4 Å². The highest BCUT2D eigenvalue weighted by atomic mass is 35.5. The third-order valence-corrected chi connectivity index (χ3v) is 5.32. The Hall–Kier alpha value is -2.65. The molecule has 0 fully saturated rings. The molecule has 4 nitrogen and oxygen atoms in total. The van der Waals surface area contributed by atoms with Gasteiger partial charge in [-0.15, -0.1) is 23.7 Å². The molecule has 0 atom stereocenters. The van der Waals surface area contributed by atoms with Crippen LogP contribution in [0.2, 0.25) is 5.02 Å². The lowest BCUT2D eigenvalue weighted by atomic mass is 10.1. The average Bonchev–Trinajstić information content (AvgIpc) is 3.33. The van der Waals surface area contributed by atoms with Gasteiger partial charge in [0.1, 0.15) is 0 Å². The number of halogens is 2. The third-order valence-electron chi connectivity index (χ3n) is 4.24. The van der Waals surface area contributed by atoms with E-state index >= 15 is 0 Å². The fourth-order valence-electron chi connectivity index (χ4n) is 2.85. The molecule has 2 aromatic heterocycles. The van der Waals surface area contributed by atoms with E-state index in [1.54, 1.807) is 11.3 Å². The lowest BCUT2D eigenvalue weighted by Gasteiger charge is -2.07. The van der Waals surface area contributed by atoms with Crippen LogP contribution >= 0.6 is 35.3 Å². The lowest BCUT2D eigenvalue weighted by Crippen LogP contribution is -2.04. The van der Waals surface area contributed by atoms with Crippen LogP contribution in [-0.2, 0) is 13.0 Å². The molecule has 0 amide bonds.